The number of nitrogens with one attached hydrogen (secondary N) is 2. The highest BCUT2D eigenvalue weighted by Crippen LogP contribution is 2.26. The topological polar surface area (TPSA) is 110 Å². The van der Waals surface area contributed by atoms with Crippen LogP contribution >= 0.6 is 0 Å². The van der Waals surface area contributed by atoms with E-state index in [9.17, 15) is 9.90 Å². The molecule has 0 unspecified atom stereocenters. The van der Waals surface area contributed by atoms with Crippen LogP contribution in [0.2, 0.25) is 0 Å². The summed E-state index contributed by atoms with van der Waals surface area (Å²) in [6, 6.07) is 11.7. The van der Waals surface area contributed by atoms with Crippen LogP contribution in [0.3, 0.4) is 0 Å². The number of hydrogen-bond donors (Lipinski definition) is 3. The molecular formula is C26H29N7O2. The lowest BCUT2D eigenvalue weighted by Gasteiger charge is -2.30. The lowest BCUT2D eigenvalue weighted by molar-refractivity contribution is 0.102. The molecule has 0 aliphatic carbocycles. The van der Waals surface area contributed by atoms with Gasteiger partial charge in [0.05, 0.1) is 23.5 Å². The number of nitrogens with zero attached hydrogens (tertiary/aromatic N) is 5. The van der Waals surface area contributed by atoms with Gasteiger partial charge >= 0.3 is 0 Å². The number of carbonyl (C=O) groups is 1. The summed E-state index contributed by atoms with van der Waals surface area (Å²) in [4.78, 5) is 26.2. The van der Waals surface area contributed by atoms with Crippen molar-refractivity contribution in [2.75, 3.05) is 37.4 Å². The summed E-state index contributed by atoms with van der Waals surface area (Å²) in [7, 11) is 4.05. The molecule has 5 rings (SSSR count). The highest BCUT2D eigenvalue weighted by molar-refractivity contribution is 6.11. The SMILES string of the molecule is CN(C)Cc1cncc(-c2ccc3[nH]nc(C(=O)Nc4ccc(N5CCC(O)CC5)nc4)c3c2)c1. The Morgan fingerprint density at radius 1 is 1.11 bits per heavy atom. The van der Waals surface area contributed by atoms with Gasteiger partial charge in [-0.1, -0.05) is 6.07 Å². The number of H-pyrrole nitrogens is 1. The molecule has 0 atom stereocenters. The van der Waals surface area contributed by atoms with Crippen LogP contribution in [0, 0.1) is 0 Å². The minimum atomic E-state index is -0.302. The number of benzene rings is 1. The van der Waals surface area contributed by atoms with E-state index in [4.69, 9.17) is 0 Å². The summed E-state index contributed by atoms with van der Waals surface area (Å²) in [6.45, 7) is 2.35. The Balaban J connectivity index is 1.34. The normalized spacial score (nSPS) is 14.6. The van der Waals surface area contributed by atoms with Gasteiger partial charge in [-0.25, -0.2) is 4.98 Å². The molecule has 1 fully saturated rings. The standard InChI is InChI=1S/C26H29N7O2/c1-32(2)16-17-11-19(14-27-13-17)18-3-5-23-22(12-18)25(31-30-23)26(35)29-20-4-6-24(28-15-20)33-9-7-21(34)8-10-33/h3-6,11-15,21,34H,7-10,16H2,1-2H3,(H,29,35)(H,30,31). The first-order valence-electron chi connectivity index (χ1n) is 11.7. The maximum atomic E-state index is 13.1. The van der Waals surface area contributed by atoms with Crippen LogP contribution in [0.15, 0.2) is 55.0 Å². The third-order valence-corrected chi connectivity index (χ3v) is 6.20. The number of fused-ring (bicyclic) bond motifs is 1. The average molecular weight is 472 g/mol. The predicted molar refractivity (Wildman–Crippen MR) is 136 cm³/mol. The van der Waals surface area contributed by atoms with Crippen molar-refractivity contribution in [1.82, 2.24) is 25.1 Å². The summed E-state index contributed by atoms with van der Waals surface area (Å²) in [5, 5.41) is 20.6. The molecule has 1 saturated heterocycles. The Bertz CT molecular complexity index is 1330. The second-order valence-electron chi connectivity index (χ2n) is 9.23. The summed E-state index contributed by atoms with van der Waals surface area (Å²) < 4.78 is 0. The molecule has 1 aromatic carbocycles. The van der Waals surface area contributed by atoms with Gasteiger partial charge in [-0.05, 0) is 68.4 Å². The summed E-state index contributed by atoms with van der Waals surface area (Å²) >= 11 is 0. The maximum Gasteiger partial charge on any atom is 0.276 e. The Morgan fingerprint density at radius 3 is 2.69 bits per heavy atom. The van der Waals surface area contributed by atoms with E-state index in [1.165, 1.54) is 0 Å². The van der Waals surface area contributed by atoms with Crippen LogP contribution in [0.25, 0.3) is 22.0 Å². The molecule has 4 heterocycles. The fraction of sp³-hybridized carbons (Fsp3) is 0.308. The summed E-state index contributed by atoms with van der Waals surface area (Å²) in [5.74, 6) is 0.540. The zero-order valence-corrected chi connectivity index (χ0v) is 19.9. The quantitative estimate of drug-likeness (QED) is 0.396. The second kappa shape index (κ2) is 9.81. The molecule has 3 aromatic heterocycles. The molecular weight excluding hydrogens is 442 g/mol. The van der Waals surface area contributed by atoms with Gasteiger partial charge in [0.1, 0.15) is 5.82 Å². The Kier molecular flexibility index (Phi) is 6.43. The van der Waals surface area contributed by atoms with Crippen LogP contribution < -0.4 is 10.2 Å². The van der Waals surface area contributed by atoms with Crippen molar-refractivity contribution in [3.8, 4) is 11.1 Å². The predicted octanol–water partition coefficient (Wildman–Crippen LogP) is 3.29. The van der Waals surface area contributed by atoms with Crippen molar-refractivity contribution in [3.63, 3.8) is 0 Å². The number of aromatic nitrogens is 4. The molecule has 9 heteroatoms. The molecule has 1 amide bonds. The van der Waals surface area contributed by atoms with Gasteiger partial charge in [-0.3, -0.25) is 14.9 Å². The highest BCUT2D eigenvalue weighted by atomic mass is 16.3. The number of piperidine rings is 1. The molecule has 1 aliphatic heterocycles. The van der Waals surface area contributed by atoms with E-state index >= 15 is 0 Å². The van der Waals surface area contributed by atoms with Gasteiger partial charge in [0.15, 0.2) is 5.69 Å². The number of pyridine rings is 2. The fourth-order valence-electron chi connectivity index (χ4n) is 4.40. The Labute approximate surface area is 203 Å². The first kappa shape index (κ1) is 22.9. The number of hydrogen-bond acceptors (Lipinski definition) is 7. The number of rotatable bonds is 6. The molecule has 0 saturated carbocycles. The number of amides is 1. The van der Waals surface area contributed by atoms with E-state index in [1.54, 1.807) is 6.20 Å². The first-order chi connectivity index (χ1) is 17.0. The largest absolute Gasteiger partial charge is 0.393 e. The third-order valence-electron chi connectivity index (χ3n) is 6.20. The van der Waals surface area contributed by atoms with Gasteiger partial charge in [0.2, 0.25) is 0 Å². The molecule has 0 radical (unpaired) electrons. The van der Waals surface area contributed by atoms with Gasteiger partial charge in [-0.15, -0.1) is 0 Å². The number of aromatic amines is 1. The van der Waals surface area contributed by atoms with Crippen molar-refractivity contribution in [2.45, 2.75) is 25.5 Å². The summed E-state index contributed by atoms with van der Waals surface area (Å²) in [6.07, 6.45) is 6.60. The van der Waals surface area contributed by atoms with Crippen molar-refractivity contribution in [1.29, 1.82) is 0 Å². The number of carbonyl (C=O) groups excluding carboxylic acids is 1. The molecule has 0 spiro atoms. The smallest absolute Gasteiger partial charge is 0.276 e. The number of aliphatic hydroxyl groups is 1. The highest BCUT2D eigenvalue weighted by Gasteiger charge is 2.19. The van der Waals surface area contributed by atoms with Crippen LogP contribution in [0.1, 0.15) is 28.9 Å². The first-order valence-corrected chi connectivity index (χ1v) is 11.7. The molecule has 35 heavy (non-hydrogen) atoms. The van der Waals surface area contributed by atoms with E-state index in [0.717, 1.165) is 65.9 Å². The monoisotopic (exact) mass is 471 g/mol. The van der Waals surface area contributed by atoms with Gasteiger partial charge in [-0.2, -0.15) is 5.10 Å². The van der Waals surface area contributed by atoms with Crippen molar-refractivity contribution in [2.24, 2.45) is 0 Å². The number of anilines is 2. The molecule has 0 bridgehead atoms. The van der Waals surface area contributed by atoms with Crippen LogP contribution in [-0.2, 0) is 6.54 Å². The second-order valence-corrected chi connectivity index (χ2v) is 9.23. The van der Waals surface area contributed by atoms with E-state index in [2.05, 4.69) is 41.3 Å². The third kappa shape index (κ3) is 5.16. The zero-order chi connectivity index (χ0) is 24.4. The lowest BCUT2D eigenvalue weighted by atomic mass is 10.0. The van der Waals surface area contributed by atoms with Gasteiger partial charge in [0.25, 0.3) is 5.91 Å². The zero-order valence-electron chi connectivity index (χ0n) is 19.9. The molecule has 3 N–H and O–H groups in total. The van der Waals surface area contributed by atoms with E-state index in [0.29, 0.717) is 11.4 Å². The molecule has 1 aliphatic rings. The minimum Gasteiger partial charge on any atom is -0.393 e. The van der Waals surface area contributed by atoms with Gasteiger partial charge in [0, 0.05) is 43.0 Å². The Morgan fingerprint density at radius 2 is 1.94 bits per heavy atom. The molecule has 9 nitrogen and oxygen atoms in total. The lowest BCUT2D eigenvalue weighted by Crippen LogP contribution is -2.36. The van der Waals surface area contributed by atoms with Crippen LogP contribution in [0.5, 0.6) is 0 Å². The van der Waals surface area contributed by atoms with Crippen molar-refractivity contribution < 1.29 is 9.90 Å². The van der Waals surface area contributed by atoms with E-state index in [-0.39, 0.29) is 12.0 Å². The van der Waals surface area contributed by atoms with Crippen LogP contribution in [-0.4, -0.2) is 69.4 Å². The minimum absolute atomic E-state index is 0.229. The summed E-state index contributed by atoms with van der Waals surface area (Å²) in [5.41, 5.74) is 4.80. The average Bonchev–Trinajstić information content (AvgIpc) is 3.28. The van der Waals surface area contributed by atoms with E-state index in [1.807, 2.05) is 56.8 Å². The van der Waals surface area contributed by atoms with Crippen LogP contribution in [0.4, 0.5) is 11.5 Å². The maximum absolute atomic E-state index is 13.1. The number of aliphatic hydroxyl groups excluding tert-OH is 1. The molecule has 180 valence electrons. The van der Waals surface area contributed by atoms with Crippen molar-refractivity contribution >= 4 is 28.3 Å². The van der Waals surface area contributed by atoms with E-state index < -0.39 is 0 Å². The molecule has 4 aromatic rings. The van der Waals surface area contributed by atoms with Gasteiger partial charge < -0.3 is 20.2 Å². The fourth-order valence-corrected chi connectivity index (χ4v) is 4.40. The Hall–Kier alpha value is -3.82. The van der Waals surface area contributed by atoms with Crippen molar-refractivity contribution in [3.05, 3.63) is 66.2 Å².